The van der Waals surface area contributed by atoms with E-state index in [1.807, 2.05) is 23.2 Å². The maximum atomic E-state index is 13.4. The predicted octanol–water partition coefficient (Wildman–Crippen LogP) is 3.52. The Balaban J connectivity index is 1.76. The summed E-state index contributed by atoms with van der Waals surface area (Å²) in [5.74, 6) is 1.57. The minimum atomic E-state index is -3.70. The maximum Gasteiger partial charge on any atom is 0.243 e. The van der Waals surface area contributed by atoms with Crippen LogP contribution in [0.15, 0.2) is 28.3 Å². The summed E-state index contributed by atoms with van der Waals surface area (Å²) >= 11 is 7.82. The lowest BCUT2D eigenvalue weighted by Crippen LogP contribution is -2.36. The highest BCUT2D eigenvalue weighted by Gasteiger charge is 2.34. The van der Waals surface area contributed by atoms with Gasteiger partial charge in [-0.1, -0.05) is 36.4 Å². The van der Waals surface area contributed by atoms with Crippen molar-refractivity contribution in [1.82, 2.24) is 28.9 Å². The molecule has 1 aromatic carbocycles. The number of nitrogens with zero attached hydrogens (tertiary/aromatic N) is 6. The topological polar surface area (TPSA) is 85.9 Å². The standard InChI is InChI=1S/C20H25ClN6O2S2/c1-5-27-19(22-23-20(27)30-6-2)18-14-12-26(11-10-16(14)25(4)24-18)31(28,29)17-9-7-8-15(21)13(17)3/h7-9H,5-6,10-12H2,1-4H3. The molecule has 31 heavy (non-hydrogen) atoms. The molecule has 0 bridgehead atoms. The number of benzene rings is 1. The van der Waals surface area contributed by atoms with E-state index in [4.69, 9.17) is 16.7 Å². The Labute approximate surface area is 191 Å². The molecule has 0 radical (unpaired) electrons. The number of fused-ring (bicyclic) bond motifs is 1. The summed E-state index contributed by atoms with van der Waals surface area (Å²) in [7, 11) is -1.81. The minimum Gasteiger partial charge on any atom is -0.301 e. The first-order valence-corrected chi connectivity index (χ1v) is 13.0. The van der Waals surface area contributed by atoms with Crippen molar-refractivity contribution in [3.05, 3.63) is 40.0 Å². The van der Waals surface area contributed by atoms with Gasteiger partial charge in [0.1, 0.15) is 5.69 Å². The number of hydrogen-bond acceptors (Lipinski definition) is 6. The molecule has 11 heteroatoms. The Kier molecular flexibility index (Phi) is 6.17. The van der Waals surface area contributed by atoms with Gasteiger partial charge in [-0.25, -0.2) is 8.42 Å². The van der Waals surface area contributed by atoms with E-state index >= 15 is 0 Å². The van der Waals surface area contributed by atoms with Crippen molar-refractivity contribution < 1.29 is 8.42 Å². The highest BCUT2D eigenvalue weighted by Crippen LogP contribution is 2.34. The molecule has 2 aromatic heterocycles. The second kappa shape index (κ2) is 8.57. The van der Waals surface area contributed by atoms with E-state index in [-0.39, 0.29) is 11.4 Å². The fourth-order valence-corrected chi connectivity index (χ4v) is 6.56. The lowest BCUT2D eigenvalue weighted by Gasteiger charge is -2.27. The molecule has 0 N–H and O–H groups in total. The van der Waals surface area contributed by atoms with E-state index in [9.17, 15) is 8.42 Å². The van der Waals surface area contributed by atoms with Crippen molar-refractivity contribution in [2.45, 2.75) is 50.3 Å². The van der Waals surface area contributed by atoms with E-state index in [2.05, 4.69) is 17.1 Å². The average Bonchev–Trinajstić information content (AvgIpc) is 3.30. The molecule has 0 saturated carbocycles. The summed E-state index contributed by atoms with van der Waals surface area (Å²) < 4.78 is 32.3. The van der Waals surface area contributed by atoms with E-state index in [1.54, 1.807) is 36.9 Å². The smallest absolute Gasteiger partial charge is 0.243 e. The SMILES string of the molecule is CCSc1nnc(-c2nn(C)c3c2CN(S(=O)(=O)c2cccc(Cl)c2C)CC3)n1CC. The average molecular weight is 481 g/mol. The monoisotopic (exact) mass is 480 g/mol. The second-order valence-electron chi connectivity index (χ2n) is 7.33. The van der Waals surface area contributed by atoms with Crippen LogP contribution in [-0.4, -0.2) is 49.6 Å². The lowest BCUT2D eigenvalue weighted by molar-refractivity contribution is 0.386. The van der Waals surface area contributed by atoms with Crippen LogP contribution in [0.1, 0.15) is 30.7 Å². The molecule has 0 atom stereocenters. The highest BCUT2D eigenvalue weighted by molar-refractivity contribution is 7.99. The van der Waals surface area contributed by atoms with E-state index in [0.29, 0.717) is 41.6 Å². The van der Waals surface area contributed by atoms with Crippen LogP contribution in [-0.2, 0) is 36.6 Å². The zero-order valence-corrected chi connectivity index (χ0v) is 20.4. The first-order chi connectivity index (χ1) is 14.8. The number of aromatic nitrogens is 5. The van der Waals surface area contributed by atoms with Crippen LogP contribution in [0.25, 0.3) is 11.5 Å². The normalized spacial score (nSPS) is 14.7. The fourth-order valence-electron chi connectivity index (χ4n) is 3.94. The molecule has 0 fully saturated rings. The number of aryl methyl sites for hydroxylation is 1. The van der Waals surface area contributed by atoms with Crippen LogP contribution < -0.4 is 0 Å². The molecule has 0 amide bonds. The third-order valence-corrected chi connectivity index (χ3v) is 8.81. The molecule has 4 rings (SSSR count). The van der Waals surface area contributed by atoms with Crippen molar-refractivity contribution in [2.75, 3.05) is 12.3 Å². The Hall–Kier alpha value is -1.88. The van der Waals surface area contributed by atoms with Crippen LogP contribution in [0.4, 0.5) is 0 Å². The van der Waals surface area contributed by atoms with Gasteiger partial charge >= 0.3 is 0 Å². The van der Waals surface area contributed by atoms with Crippen molar-refractivity contribution >= 4 is 33.4 Å². The van der Waals surface area contributed by atoms with Gasteiger partial charge in [0.15, 0.2) is 11.0 Å². The van der Waals surface area contributed by atoms with Gasteiger partial charge < -0.3 is 4.57 Å². The van der Waals surface area contributed by atoms with E-state index in [0.717, 1.165) is 22.2 Å². The maximum absolute atomic E-state index is 13.4. The van der Waals surface area contributed by atoms with E-state index in [1.165, 1.54) is 4.31 Å². The van der Waals surface area contributed by atoms with Crippen LogP contribution in [0.3, 0.4) is 0 Å². The summed E-state index contributed by atoms with van der Waals surface area (Å²) in [6, 6.07) is 4.98. The zero-order chi connectivity index (χ0) is 22.3. The van der Waals surface area contributed by atoms with Crippen LogP contribution in [0.2, 0.25) is 5.02 Å². The minimum absolute atomic E-state index is 0.236. The Bertz CT molecular complexity index is 1230. The Morgan fingerprint density at radius 3 is 2.71 bits per heavy atom. The zero-order valence-electron chi connectivity index (χ0n) is 18.0. The number of thioether (sulfide) groups is 1. The molecule has 0 unspecified atom stereocenters. The summed E-state index contributed by atoms with van der Waals surface area (Å²) in [6.45, 7) is 7.18. The van der Waals surface area contributed by atoms with Crippen molar-refractivity contribution in [3.63, 3.8) is 0 Å². The van der Waals surface area contributed by atoms with Gasteiger partial charge in [-0.3, -0.25) is 4.68 Å². The summed E-state index contributed by atoms with van der Waals surface area (Å²) in [4.78, 5) is 0.243. The molecular weight excluding hydrogens is 456 g/mol. The summed E-state index contributed by atoms with van der Waals surface area (Å²) in [5, 5.41) is 14.7. The highest BCUT2D eigenvalue weighted by atomic mass is 35.5. The van der Waals surface area contributed by atoms with Gasteiger partial charge in [-0.2, -0.15) is 9.40 Å². The molecule has 1 aliphatic rings. The number of halogens is 1. The fraction of sp³-hybridized carbons (Fsp3) is 0.450. The van der Waals surface area contributed by atoms with Gasteiger partial charge in [-0.15, -0.1) is 10.2 Å². The molecule has 0 spiro atoms. The summed E-state index contributed by atoms with van der Waals surface area (Å²) in [5.41, 5.74) is 3.16. The molecule has 0 saturated heterocycles. The molecular formula is C20H25ClN6O2S2. The molecule has 3 aromatic rings. The number of sulfonamides is 1. The first-order valence-electron chi connectivity index (χ1n) is 10.2. The second-order valence-corrected chi connectivity index (χ2v) is 10.9. The first kappa shape index (κ1) is 22.3. The van der Waals surface area contributed by atoms with Gasteiger partial charge in [0.05, 0.1) is 4.90 Å². The molecule has 1 aliphatic heterocycles. The number of rotatable bonds is 6. The van der Waals surface area contributed by atoms with Crippen molar-refractivity contribution in [2.24, 2.45) is 7.05 Å². The Morgan fingerprint density at radius 2 is 2.00 bits per heavy atom. The van der Waals surface area contributed by atoms with Gasteiger partial charge in [0, 0.05) is 49.4 Å². The van der Waals surface area contributed by atoms with Gasteiger partial charge in [0.2, 0.25) is 10.0 Å². The molecule has 3 heterocycles. The van der Waals surface area contributed by atoms with Crippen LogP contribution in [0, 0.1) is 6.92 Å². The third kappa shape index (κ3) is 3.79. The lowest BCUT2D eigenvalue weighted by atomic mass is 10.1. The van der Waals surface area contributed by atoms with Gasteiger partial charge in [0.25, 0.3) is 0 Å². The van der Waals surface area contributed by atoms with Crippen molar-refractivity contribution in [1.29, 1.82) is 0 Å². The Morgan fingerprint density at radius 1 is 1.23 bits per heavy atom. The molecule has 0 aliphatic carbocycles. The molecule has 8 nitrogen and oxygen atoms in total. The van der Waals surface area contributed by atoms with E-state index < -0.39 is 10.0 Å². The van der Waals surface area contributed by atoms with Crippen LogP contribution in [0.5, 0.6) is 0 Å². The quantitative estimate of drug-likeness (QED) is 0.502. The number of hydrogen-bond donors (Lipinski definition) is 0. The summed E-state index contributed by atoms with van der Waals surface area (Å²) in [6.07, 6.45) is 0.578. The third-order valence-electron chi connectivity index (χ3n) is 5.56. The van der Waals surface area contributed by atoms with Crippen molar-refractivity contribution in [3.8, 4) is 11.5 Å². The molecule has 166 valence electrons. The predicted molar refractivity (Wildman–Crippen MR) is 122 cm³/mol. The largest absolute Gasteiger partial charge is 0.301 e. The van der Waals surface area contributed by atoms with Gasteiger partial charge in [-0.05, 0) is 37.3 Å². The van der Waals surface area contributed by atoms with Crippen LogP contribution >= 0.6 is 23.4 Å².